The number of hydrogen-bond donors (Lipinski definition) is 0. The summed E-state index contributed by atoms with van der Waals surface area (Å²) in [7, 11) is 1.34. The first-order valence-corrected chi connectivity index (χ1v) is 11.1. The lowest BCUT2D eigenvalue weighted by molar-refractivity contribution is -0.144. The van der Waals surface area contributed by atoms with E-state index in [9.17, 15) is 9.59 Å². The number of methoxy groups -OCH3 is 1. The lowest BCUT2D eigenvalue weighted by Gasteiger charge is -2.28. The third-order valence-electron chi connectivity index (χ3n) is 5.24. The van der Waals surface area contributed by atoms with Crippen molar-refractivity contribution in [2.45, 2.75) is 32.1 Å². The summed E-state index contributed by atoms with van der Waals surface area (Å²) >= 11 is 1.71. The maximum atomic E-state index is 12.6. The molecule has 8 heteroatoms. The van der Waals surface area contributed by atoms with E-state index in [1.54, 1.807) is 38.1 Å². The first-order valence-electron chi connectivity index (χ1n) is 10.1. The van der Waals surface area contributed by atoms with Crippen molar-refractivity contribution in [2.24, 2.45) is 16.8 Å². The number of thioether (sulfide) groups is 1. The zero-order valence-electron chi connectivity index (χ0n) is 18.2. The van der Waals surface area contributed by atoms with Crippen LogP contribution in [0.2, 0.25) is 0 Å². The summed E-state index contributed by atoms with van der Waals surface area (Å²) in [5.74, 6) is -0.863. The van der Waals surface area contributed by atoms with E-state index < -0.39 is 11.9 Å². The Bertz CT molecular complexity index is 981. The molecule has 1 aromatic heterocycles. The largest absolute Gasteiger partial charge is 0.468 e. The maximum absolute atomic E-state index is 12.6. The number of aliphatic imine (C=N–C) groups is 1. The van der Waals surface area contributed by atoms with E-state index in [-0.39, 0.29) is 11.9 Å². The number of carbonyl (C=O) groups excluding carboxylic acids is 2. The predicted octanol–water partition coefficient (Wildman–Crippen LogP) is 4.07. The molecule has 2 unspecified atom stereocenters. The summed E-state index contributed by atoms with van der Waals surface area (Å²) in [6.45, 7) is 5.70. The lowest BCUT2D eigenvalue weighted by Crippen LogP contribution is -2.36. The number of benzene rings is 1. The summed E-state index contributed by atoms with van der Waals surface area (Å²) in [6.07, 6.45) is 6.14. The molecule has 7 nitrogen and oxygen atoms in total. The van der Waals surface area contributed by atoms with Crippen LogP contribution in [0.25, 0.3) is 5.69 Å². The van der Waals surface area contributed by atoms with Gasteiger partial charge in [-0.05, 0) is 44.5 Å². The van der Waals surface area contributed by atoms with Gasteiger partial charge in [0.2, 0.25) is 0 Å². The molecule has 2 aromatic rings. The highest BCUT2D eigenvalue weighted by Gasteiger charge is 2.38. The molecule has 0 saturated heterocycles. The number of aromatic nitrogens is 2. The van der Waals surface area contributed by atoms with E-state index in [1.165, 1.54) is 7.11 Å². The summed E-state index contributed by atoms with van der Waals surface area (Å²) in [5.41, 5.74) is 2.76. The van der Waals surface area contributed by atoms with Crippen molar-refractivity contribution >= 4 is 29.4 Å². The molecule has 1 aliphatic heterocycles. The van der Waals surface area contributed by atoms with Crippen molar-refractivity contribution in [3.8, 4) is 5.69 Å². The second-order valence-electron chi connectivity index (χ2n) is 7.34. The van der Waals surface area contributed by atoms with Crippen molar-refractivity contribution in [3.05, 3.63) is 54.3 Å². The molecule has 31 heavy (non-hydrogen) atoms. The molecule has 0 saturated carbocycles. The zero-order chi connectivity index (χ0) is 22.4. The molecular weight excluding hydrogens is 414 g/mol. The highest BCUT2D eigenvalue weighted by atomic mass is 32.2. The van der Waals surface area contributed by atoms with Crippen LogP contribution in [0, 0.1) is 11.8 Å². The molecule has 1 aliphatic rings. The number of esters is 2. The second kappa shape index (κ2) is 10.4. The van der Waals surface area contributed by atoms with Crippen LogP contribution < -0.4 is 0 Å². The van der Waals surface area contributed by atoms with E-state index >= 15 is 0 Å². The Hall–Kier alpha value is -2.87. The molecule has 2 heterocycles. The van der Waals surface area contributed by atoms with Crippen LogP contribution in [-0.4, -0.2) is 46.7 Å². The average molecular weight is 442 g/mol. The Morgan fingerprint density at radius 2 is 1.94 bits per heavy atom. The van der Waals surface area contributed by atoms with Crippen molar-refractivity contribution in [1.82, 2.24) is 9.55 Å². The third-order valence-corrected chi connectivity index (χ3v) is 6.34. The van der Waals surface area contributed by atoms with Crippen LogP contribution in [0.3, 0.4) is 0 Å². The van der Waals surface area contributed by atoms with Gasteiger partial charge in [0.1, 0.15) is 5.92 Å². The SMILES string of the molecule is COC(=O)C1C(C)=NC(C)=C(C(=O)OCCCSc2ccc(-n3ccnc3)cc2)C1C. The number of carbonyl (C=O) groups is 2. The van der Waals surface area contributed by atoms with Crippen LogP contribution in [0.5, 0.6) is 0 Å². The minimum absolute atomic E-state index is 0.314. The standard InChI is InChI=1S/C23H27N3O4S/c1-15-20(22(27)29-4)16(2)25-17(3)21(15)23(28)30-12-5-13-31-19-8-6-18(7-9-19)26-11-10-24-14-26/h6-11,14-15,20H,5,12-13H2,1-4H3. The Morgan fingerprint density at radius 1 is 1.19 bits per heavy atom. The third kappa shape index (κ3) is 5.44. The van der Waals surface area contributed by atoms with Gasteiger partial charge in [-0.2, -0.15) is 0 Å². The number of allylic oxidation sites excluding steroid dienone is 1. The van der Waals surface area contributed by atoms with Crippen molar-refractivity contribution in [1.29, 1.82) is 0 Å². The predicted molar refractivity (Wildman–Crippen MR) is 120 cm³/mol. The molecule has 0 aliphatic carbocycles. The number of rotatable bonds is 8. The van der Waals surface area contributed by atoms with Gasteiger partial charge in [-0.3, -0.25) is 9.79 Å². The summed E-state index contributed by atoms with van der Waals surface area (Å²) in [6, 6.07) is 8.22. The minimum atomic E-state index is -0.558. The van der Waals surface area contributed by atoms with Gasteiger partial charge in [0.25, 0.3) is 0 Å². The fourth-order valence-electron chi connectivity index (χ4n) is 3.71. The molecule has 0 radical (unpaired) electrons. The van der Waals surface area contributed by atoms with Gasteiger partial charge >= 0.3 is 11.9 Å². The van der Waals surface area contributed by atoms with Crippen LogP contribution >= 0.6 is 11.8 Å². The van der Waals surface area contributed by atoms with Crippen molar-refractivity contribution in [2.75, 3.05) is 19.5 Å². The van der Waals surface area contributed by atoms with E-state index in [0.717, 1.165) is 22.8 Å². The van der Waals surface area contributed by atoms with Gasteiger partial charge in [-0.1, -0.05) is 6.92 Å². The molecule has 164 valence electrons. The number of ether oxygens (including phenoxy) is 2. The molecule has 0 spiro atoms. The maximum Gasteiger partial charge on any atom is 0.336 e. The summed E-state index contributed by atoms with van der Waals surface area (Å²) in [5, 5.41) is 0. The normalized spacial score (nSPS) is 18.5. The van der Waals surface area contributed by atoms with Gasteiger partial charge in [0.15, 0.2) is 0 Å². The zero-order valence-corrected chi connectivity index (χ0v) is 19.0. The topological polar surface area (TPSA) is 82.8 Å². The van der Waals surface area contributed by atoms with E-state index in [2.05, 4.69) is 22.1 Å². The Kier molecular flexibility index (Phi) is 7.68. The van der Waals surface area contributed by atoms with Crippen LogP contribution in [0.15, 0.2) is 64.1 Å². The van der Waals surface area contributed by atoms with Gasteiger partial charge in [-0.15, -0.1) is 11.8 Å². The first kappa shape index (κ1) is 22.8. The molecule has 0 fully saturated rings. The Morgan fingerprint density at radius 3 is 2.58 bits per heavy atom. The van der Waals surface area contributed by atoms with Crippen LogP contribution in [-0.2, 0) is 19.1 Å². The molecule has 0 amide bonds. The second-order valence-corrected chi connectivity index (χ2v) is 8.51. The van der Waals surface area contributed by atoms with Gasteiger partial charge in [-0.25, -0.2) is 9.78 Å². The van der Waals surface area contributed by atoms with Gasteiger partial charge < -0.3 is 14.0 Å². The Balaban J connectivity index is 1.47. The number of nitrogens with zero attached hydrogens (tertiary/aromatic N) is 3. The molecule has 0 bridgehead atoms. The highest BCUT2D eigenvalue weighted by Crippen LogP contribution is 2.32. The highest BCUT2D eigenvalue weighted by molar-refractivity contribution is 7.99. The monoisotopic (exact) mass is 441 g/mol. The fourth-order valence-corrected chi connectivity index (χ4v) is 4.53. The quantitative estimate of drug-likeness (QED) is 0.349. The fraction of sp³-hybridized carbons (Fsp3) is 0.391. The molecule has 2 atom stereocenters. The molecular formula is C23H27N3O4S. The van der Waals surface area contributed by atoms with Crippen molar-refractivity contribution < 1.29 is 19.1 Å². The smallest absolute Gasteiger partial charge is 0.336 e. The molecule has 1 aromatic carbocycles. The first-order chi connectivity index (χ1) is 14.9. The average Bonchev–Trinajstić information content (AvgIpc) is 3.28. The van der Waals surface area contributed by atoms with Crippen LogP contribution in [0.4, 0.5) is 0 Å². The van der Waals surface area contributed by atoms with E-state index in [1.807, 2.05) is 29.8 Å². The van der Waals surface area contributed by atoms with Crippen molar-refractivity contribution in [3.63, 3.8) is 0 Å². The Labute approximate surface area is 186 Å². The lowest BCUT2D eigenvalue weighted by atomic mass is 9.81. The summed E-state index contributed by atoms with van der Waals surface area (Å²) < 4.78 is 12.3. The van der Waals surface area contributed by atoms with E-state index in [4.69, 9.17) is 9.47 Å². The van der Waals surface area contributed by atoms with Gasteiger partial charge in [0.05, 0.1) is 25.6 Å². The molecule has 3 rings (SSSR count). The van der Waals surface area contributed by atoms with Gasteiger partial charge in [0, 0.05) is 46.1 Å². The number of imidazole rings is 1. The van der Waals surface area contributed by atoms with Crippen LogP contribution in [0.1, 0.15) is 27.2 Å². The number of hydrogen-bond acceptors (Lipinski definition) is 7. The minimum Gasteiger partial charge on any atom is -0.468 e. The molecule has 0 N–H and O–H groups in total. The van der Waals surface area contributed by atoms with E-state index in [0.29, 0.717) is 23.6 Å². The summed E-state index contributed by atoms with van der Waals surface area (Å²) in [4.78, 5) is 34.3.